The van der Waals surface area contributed by atoms with Gasteiger partial charge in [0.1, 0.15) is 0 Å². The molecule has 5 nitrogen and oxygen atoms in total. The van der Waals surface area contributed by atoms with Crippen molar-refractivity contribution in [3.05, 3.63) is 29.3 Å². The summed E-state index contributed by atoms with van der Waals surface area (Å²) in [5.74, 6) is 0.123. The molecule has 1 saturated heterocycles. The predicted octanol–water partition coefficient (Wildman–Crippen LogP) is 3.50. The molecule has 1 heterocycles. The second-order valence-corrected chi connectivity index (χ2v) is 6.53. The number of aryl methyl sites for hydroxylation is 1. The number of rotatable bonds is 8. The lowest BCUT2D eigenvalue weighted by atomic mass is 10.1. The van der Waals surface area contributed by atoms with Gasteiger partial charge in [-0.25, -0.2) is 0 Å². The lowest BCUT2D eigenvalue weighted by Crippen LogP contribution is -2.27. The lowest BCUT2D eigenvalue weighted by Gasteiger charge is -2.16. The topological polar surface area (TPSA) is 75.4 Å². The highest BCUT2D eigenvalue weighted by Crippen LogP contribution is 2.20. The van der Waals surface area contributed by atoms with Crippen molar-refractivity contribution in [3.63, 3.8) is 0 Å². The number of likely N-dealkylation sites (tertiary alicyclic amines) is 1. The monoisotopic (exact) mass is 367 g/mol. The van der Waals surface area contributed by atoms with Crippen LogP contribution < -0.4 is 11.1 Å². The Kier molecular flexibility index (Phi) is 9.53. The molecule has 0 aromatic heterocycles. The fourth-order valence-corrected chi connectivity index (χ4v) is 3.04. The SMILES string of the molecule is Cc1cc(C(=O)N2CCCC2)ccc1NC(=O)CCCCCCN.Cl. The number of amides is 2. The molecule has 0 bridgehead atoms. The van der Waals surface area contributed by atoms with Crippen molar-refractivity contribution in [2.45, 2.75) is 51.9 Å². The van der Waals surface area contributed by atoms with Crippen LogP contribution in [0.3, 0.4) is 0 Å². The first-order valence-corrected chi connectivity index (χ1v) is 9.01. The maximum Gasteiger partial charge on any atom is 0.253 e. The molecule has 2 rings (SSSR count). The smallest absolute Gasteiger partial charge is 0.253 e. The summed E-state index contributed by atoms with van der Waals surface area (Å²) >= 11 is 0. The molecule has 0 atom stereocenters. The molecule has 0 radical (unpaired) electrons. The highest BCUT2D eigenvalue weighted by molar-refractivity contribution is 5.96. The molecule has 1 aliphatic rings. The largest absolute Gasteiger partial charge is 0.339 e. The van der Waals surface area contributed by atoms with Crippen LogP contribution in [0.2, 0.25) is 0 Å². The van der Waals surface area contributed by atoms with E-state index in [0.29, 0.717) is 18.5 Å². The second-order valence-electron chi connectivity index (χ2n) is 6.53. The Hall–Kier alpha value is -1.59. The fraction of sp³-hybridized carbons (Fsp3) is 0.579. The summed E-state index contributed by atoms with van der Waals surface area (Å²) in [6, 6.07) is 5.52. The van der Waals surface area contributed by atoms with E-state index in [1.54, 1.807) is 0 Å². The molecule has 1 aromatic rings. The van der Waals surface area contributed by atoms with Crippen LogP contribution in [0.25, 0.3) is 0 Å². The van der Waals surface area contributed by atoms with Gasteiger partial charge in [-0.3, -0.25) is 9.59 Å². The summed E-state index contributed by atoms with van der Waals surface area (Å²) in [5.41, 5.74) is 7.88. The van der Waals surface area contributed by atoms with Gasteiger partial charge in [-0.1, -0.05) is 12.8 Å². The first kappa shape index (κ1) is 21.5. The van der Waals surface area contributed by atoms with Crippen molar-refractivity contribution < 1.29 is 9.59 Å². The van der Waals surface area contributed by atoms with Crippen molar-refractivity contribution in [2.24, 2.45) is 5.73 Å². The van der Waals surface area contributed by atoms with Crippen molar-refractivity contribution >= 4 is 29.9 Å². The van der Waals surface area contributed by atoms with Crippen molar-refractivity contribution in [1.82, 2.24) is 4.90 Å². The summed E-state index contributed by atoms with van der Waals surface area (Å²) < 4.78 is 0. The third-order valence-corrected chi connectivity index (χ3v) is 4.50. The molecule has 1 fully saturated rings. The van der Waals surface area contributed by atoms with Gasteiger partial charge in [-0.05, 0) is 62.9 Å². The molecule has 1 aromatic carbocycles. The Morgan fingerprint density at radius 1 is 1.12 bits per heavy atom. The van der Waals surface area contributed by atoms with E-state index in [1.807, 2.05) is 30.0 Å². The van der Waals surface area contributed by atoms with Crippen LogP contribution >= 0.6 is 12.4 Å². The Morgan fingerprint density at radius 2 is 1.80 bits per heavy atom. The van der Waals surface area contributed by atoms with Crippen molar-refractivity contribution in [1.29, 1.82) is 0 Å². The van der Waals surface area contributed by atoms with Crippen LogP contribution in [-0.2, 0) is 4.79 Å². The summed E-state index contributed by atoms with van der Waals surface area (Å²) in [6.45, 7) is 4.34. The molecule has 3 N–H and O–H groups in total. The van der Waals surface area contributed by atoms with E-state index in [0.717, 1.165) is 62.9 Å². The molecule has 25 heavy (non-hydrogen) atoms. The molecule has 1 aliphatic heterocycles. The Balaban J connectivity index is 0.00000312. The number of hydrogen-bond acceptors (Lipinski definition) is 3. The summed E-state index contributed by atoms with van der Waals surface area (Å²) in [5, 5.41) is 2.95. The van der Waals surface area contributed by atoms with Crippen LogP contribution in [0.15, 0.2) is 18.2 Å². The molecule has 0 spiro atoms. The minimum absolute atomic E-state index is 0. The zero-order valence-electron chi connectivity index (χ0n) is 15.1. The van der Waals surface area contributed by atoms with Gasteiger partial charge in [-0.15, -0.1) is 12.4 Å². The Labute approximate surface area is 156 Å². The van der Waals surface area contributed by atoms with Gasteiger partial charge in [0, 0.05) is 30.8 Å². The zero-order chi connectivity index (χ0) is 17.4. The third-order valence-electron chi connectivity index (χ3n) is 4.50. The first-order valence-electron chi connectivity index (χ1n) is 9.01. The standard InChI is InChI=1S/C19H29N3O2.ClH/c1-15-14-16(19(24)22-12-6-7-13-22)9-10-17(15)21-18(23)8-4-2-3-5-11-20;/h9-10,14H,2-8,11-13,20H2,1H3,(H,21,23);1H. The highest BCUT2D eigenvalue weighted by atomic mass is 35.5. The van der Waals surface area contributed by atoms with Gasteiger partial charge >= 0.3 is 0 Å². The second kappa shape index (κ2) is 11.1. The number of benzene rings is 1. The van der Waals surface area contributed by atoms with Gasteiger partial charge in [-0.2, -0.15) is 0 Å². The number of unbranched alkanes of at least 4 members (excludes halogenated alkanes) is 3. The fourth-order valence-electron chi connectivity index (χ4n) is 3.04. The van der Waals surface area contributed by atoms with Gasteiger partial charge in [0.2, 0.25) is 5.91 Å². The van der Waals surface area contributed by atoms with E-state index >= 15 is 0 Å². The molecular weight excluding hydrogens is 338 g/mol. The maximum atomic E-state index is 12.4. The van der Waals surface area contributed by atoms with E-state index in [2.05, 4.69) is 5.32 Å². The summed E-state index contributed by atoms with van der Waals surface area (Å²) in [4.78, 5) is 26.3. The molecule has 140 valence electrons. The van der Waals surface area contributed by atoms with Gasteiger partial charge in [0.25, 0.3) is 5.91 Å². The van der Waals surface area contributed by atoms with E-state index in [4.69, 9.17) is 5.73 Å². The van der Waals surface area contributed by atoms with E-state index in [1.165, 1.54) is 0 Å². The maximum absolute atomic E-state index is 12.4. The Bertz CT molecular complexity index is 572. The molecule has 0 unspecified atom stereocenters. The van der Waals surface area contributed by atoms with E-state index in [-0.39, 0.29) is 24.2 Å². The third kappa shape index (κ3) is 6.67. The number of nitrogens with one attached hydrogen (secondary N) is 1. The predicted molar refractivity (Wildman–Crippen MR) is 104 cm³/mol. The summed E-state index contributed by atoms with van der Waals surface area (Å²) in [6.07, 6.45) is 6.72. The van der Waals surface area contributed by atoms with Crippen LogP contribution in [0.1, 0.15) is 60.9 Å². The van der Waals surface area contributed by atoms with Crippen LogP contribution in [-0.4, -0.2) is 36.3 Å². The normalized spacial score (nSPS) is 13.4. The van der Waals surface area contributed by atoms with Gasteiger partial charge in [0.05, 0.1) is 0 Å². The molecule has 0 saturated carbocycles. The van der Waals surface area contributed by atoms with Gasteiger partial charge < -0.3 is 16.0 Å². The number of hydrogen-bond donors (Lipinski definition) is 2. The quantitative estimate of drug-likeness (QED) is 0.690. The number of carbonyl (C=O) groups excluding carboxylic acids is 2. The van der Waals surface area contributed by atoms with Crippen molar-refractivity contribution in [2.75, 3.05) is 25.0 Å². The number of halogens is 1. The number of nitrogens with two attached hydrogens (primary N) is 1. The van der Waals surface area contributed by atoms with Crippen LogP contribution in [0.4, 0.5) is 5.69 Å². The zero-order valence-corrected chi connectivity index (χ0v) is 15.9. The average molecular weight is 368 g/mol. The van der Waals surface area contributed by atoms with Crippen molar-refractivity contribution in [3.8, 4) is 0 Å². The Morgan fingerprint density at radius 3 is 2.44 bits per heavy atom. The van der Waals surface area contributed by atoms with E-state index < -0.39 is 0 Å². The molecular formula is C19H30ClN3O2. The lowest BCUT2D eigenvalue weighted by molar-refractivity contribution is -0.116. The average Bonchev–Trinajstić information content (AvgIpc) is 3.10. The minimum Gasteiger partial charge on any atom is -0.339 e. The van der Waals surface area contributed by atoms with Crippen LogP contribution in [0, 0.1) is 6.92 Å². The molecule has 2 amide bonds. The summed E-state index contributed by atoms with van der Waals surface area (Å²) in [7, 11) is 0. The molecule has 6 heteroatoms. The highest BCUT2D eigenvalue weighted by Gasteiger charge is 2.19. The first-order chi connectivity index (χ1) is 11.6. The number of carbonyl (C=O) groups is 2. The number of anilines is 1. The van der Waals surface area contributed by atoms with Gasteiger partial charge in [0.15, 0.2) is 0 Å². The van der Waals surface area contributed by atoms with E-state index in [9.17, 15) is 9.59 Å². The molecule has 0 aliphatic carbocycles. The minimum atomic E-state index is 0. The van der Waals surface area contributed by atoms with Crippen LogP contribution in [0.5, 0.6) is 0 Å². The number of nitrogens with zero attached hydrogens (tertiary/aromatic N) is 1.